The van der Waals surface area contributed by atoms with Crippen molar-refractivity contribution in [3.8, 4) is 11.3 Å². The fourth-order valence-electron chi connectivity index (χ4n) is 5.66. The van der Waals surface area contributed by atoms with Gasteiger partial charge in [-0.2, -0.15) is 18.3 Å². The highest BCUT2D eigenvalue weighted by molar-refractivity contribution is 6.34. The van der Waals surface area contributed by atoms with Gasteiger partial charge < -0.3 is 35.4 Å². The number of piperazine rings is 1. The first-order valence-electron chi connectivity index (χ1n) is 15.2. The Balaban J connectivity index is 0.00000145. The number of hydrogen-bond donors (Lipinski definition) is 4. The van der Waals surface area contributed by atoms with Gasteiger partial charge in [0.15, 0.2) is 11.5 Å². The molecule has 2 aromatic heterocycles. The Morgan fingerprint density at radius 1 is 1.06 bits per heavy atom. The van der Waals surface area contributed by atoms with Gasteiger partial charge in [-0.1, -0.05) is 11.6 Å². The Morgan fingerprint density at radius 3 is 2.29 bits per heavy atom. The first kappa shape index (κ1) is 34.7. The van der Waals surface area contributed by atoms with Crippen LogP contribution in [-0.2, 0) is 18.0 Å². The smallest absolute Gasteiger partial charge is 0.435 e. The Morgan fingerprint density at radius 2 is 1.71 bits per heavy atom. The first-order valence-corrected chi connectivity index (χ1v) is 15.6. The van der Waals surface area contributed by atoms with Crippen LogP contribution < -0.4 is 16.0 Å². The highest BCUT2D eigenvalue weighted by Crippen LogP contribution is 2.41. The van der Waals surface area contributed by atoms with Crippen LogP contribution in [0.15, 0.2) is 30.6 Å². The van der Waals surface area contributed by atoms with Gasteiger partial charge in [0.1, 0.15) is 0 Å². The van der Waals surface area contributed by atoms with E-state index in [-0.39, 0.29) is 63.8 Å². The third-order valence-electron chi connectivity index (χ3n) is 8.57. The van der Waals surface area contributed by atoms with Gasteiger partial charge in [0, 0.05) is 57.2 Å². The highest BCUT2D eigenvalue weighted by atomic mass is 35.5. The van der Waals surface area contributed by atoms with Crippen molar-refractivity contribution in [3.05, 3.63) is 52.7 Å². The number of aromatic nitrogens is 4. The van der Waals surface area contributed by atoms with Gasteiger partial charge in [-0.15, -0.1) is 0 Å². The number of anilines is 1. The molecule has 2 aliphatic carbocycles. The summed E-state index contributed by atoms with van der Waals surface area (Å²) in [5.41, 5.74) is -0.565. The SMILES string of the molecule is CNC1CC(NC(=O)N2CCN(C(=O)c3ccc(NC(=O)c4ncc(-c5cn(C6CC6)nc5C(F)(F)F)n4C)cc3Cl)CC2)C1.O=CO. The number of halogens is 4. The number of nitrogens with zero attached hydrogens (tertiary/aromatic N) is 6. The lowest BCUT2D eigenvalue weighted by Gasteiger charge is -2.39. The van der Waals surface area contributed by atoms with Crippen molar-refractivity contribution < 1.29 is 37.5 Å². The second-order valence-electron chi connectivity index (χ2n) is 11.8. The lowest BCUT2D eigenvalue weighted by molar-refractivity contribution is -0.141. The molecule has 3 aromatic rings. The van der Waals surface area contributed by atoms with Gasteiger partial charge >= 0.3 is 12.2 Å². The maximum Gasteiger partial charge on any atom is 0.435 e. The van der Waals surface area contributed by atoms with Crippen LogP contribution >= 0.6 is 11.6 Å². The molecule has 3 fully saturated rings. The van der Waals surface area contributed by atoms with Crippen molar-refractivity contribution in [2.24, 2.45) is 7.05 Å². The molecule has 6 rings (SSSR count). The van der Waals surface area contributed by atoms with Gasteiger partial charge in [0.2, 0.25) is 0 Å². The summed E-state index contributed by atoms with van der Waals surface area (Å²) < 4.78 is 43.8. The third-order valence-corrected chi connectivity index (χ3v) is 8.89. The molecule has 2 saturated carbocycles. The maximum absolute atomic E-state index is 13.7. The van der Waals surface area contributed by atoms with E-state index in [1.807, 2.05) is 7.05 Å². The van der Waals surface area contributed by atoms with E-state index in [1.54, 1.807) is 9.80 Å². The zero-order valence-corrected chi connectivity index (χ0v) is 26.9. The third kappa shape index (κ3) is 7.57. The van der Waals surface area contributed by atoms with Crippen LogP contribution in [0.2, 0.25) is 5.02 Å². The predicted octanol–water partition coefficient (Wildman–Crippen LogP) is 3.46. The normalized spacial score (nSPS) is 19.1. The van der Waals surface area contributed by atoms with E-state index in [0.717, 1.165) is 25.7 Å². The molecule has 258 valence electrons. The number of carbonyl (C=O) groups excluding carboxylic acids is 3. The number of nitrogens with one attached hydrogen (secondary N) is 3. The van der Waals surface area contributed by atoms with Crippen LogP contribution in [0.25, 0.3) is 11.3 Å². The van der Waals surface area contributed by atoms with Crippen molar-refractivity contribution in [1.29, 1.82) is 0 Å². The largest absolute Gasteiger partial charge is 0.483 e. The number of hydrogen-bond acceptors (Lipinski definition) is 7. The minimum Gasteiger partial charge on any atom is -0.483 e. The molecular formula is C30H35ClF3N9O5. The van der Waals surface area contributed by atoms with E-state index >= 15 is 0 Å². The first-order chi connectivity index (χ1) is 22.8. The van der Waals surface area contributed by atoms with Crippen molar-refractivity contribution in [2.45, 2.75) is 50.0 Å². The van der Waals surface area contributed by atoms with E-state index in [1.165, 1.54) is 46.9 Å². The number of imidazole rings is 1. The van der Waals surface area contributed by atoms with Crippen molar-refractivity contribution in [3.63, 3.8) is 0 Å². The molecule has 1 aliphatic heterocycles. The van der Waals surface area contributed by atoms with Gasteiger partial charge in [-0.05, 0) is 50.9 Å². The number of amides is 4. The Kier molecular flexibility index (Phi) is 10.3. The number of alkyl halides is 3. The maximum atomic E-state index is 13.7. The summed E-state index contributed by atoms with van der Waals surface area (Å²) in [6.07, 6.45) is 1.20. The molecular weight excluding hydrogens is 659 g/mol. The van der Waals surface area contributed by atoms with Crippen molar-refractivity contribution in [1.82, 2.24) is 39.8 Å². The number of rotatable bonds is 7. The van der Waals surface area contributed by atoms with Crippen LogP contribution in [0.5, 0.6) is 0 Å². The summed E-state index contributed by atoms with van der Waals surface area (Å²) in [7, 11) is 3.36. The summed E-state index contributed by atoms with van der Waals surface area (Å²) in [6.45, 7) is 1.23. The molecule has 0 bridgehead atoms. The van der Waals surface area contributed by atoms with Crippen LogP contribution in [-0.4, -0.2) is 104 Å². The van der Waals surface area contributed by atoms with Crippen LogP contribution in [0.1, 0.15) is 58.4 Å². The van der Waals surface area contributed by atoms with E-state index in [9.17, 15) is 27.6 Å². The summed E-state index contributed by atoms with van der Waals surface area (Å²) in [5, 5.41) is 19.6. The van der Waals surface area contributed by atoms with Crippen LogP contribution in [0.4, 0.5) is 23.7 Å². The quantitative estimate of drug-likeness (QED) is 0.273. The molecule has 4 amide bonds. The van der Waals surface area contributed by atoms with E-state index in [2.05, 4.69) is 26.0 Å². The standard InChI is InChI=1S/C29H33ClF3N9O3.CH2O2/c1-34-17-11-18(12-17)37-28(45)41-9-7-40(8-10-41)27(44)20-6-3-16(13-22(20)30)36-26(43)25-35-14-23(39(25)2)21-15-42(19-4-5-19)38-24(21)29(31,32)33;2-1-3/h3,6,13-15,17-19,34H,4-5,7-12H2,1-2H3,(H,36,43)(H,37,45);1H,(H,2,3). The molecule has 48 heavy (non-hydrogen) atoms. The summed E-state index contributed by atoms with van der Waals surface area (Å²) in [4.78, 5) is 54.6. The molecule has 3 heterocycles. The van der Waals surface area contributed by atoms with Crippen molar-refractivity contribution in [2.75, 3.05) is 38.5 Å². The molecule has 0 atom stereocenters. The molecule has 0 spiro atoms. The second kappa shape index (κ2) is 14.2. The Labute approximate surface area is 278 Å². The number of carbonyl (C=O) groups is 4. The van der Waals surface area contributed by atoms with E-state index in [0.29, 0.717) is 32.2 Å². The summed E-state index contributed by atoms with van der Waals surface area (Å²) in [6, 6.07) is 4.84. The topological polar surface area (TPSA) is 167 Å². The number of urea groups is 1. The fraction of sp³-hybridized carbons (Fsp3) is 0.467. The fourth-order valence-corrected chi connectivity index (χ4v) is 5.92. The molecule has 14 nitrogen and oxygen atoms in total. The zero-order valence-electron chi connectivity index (χ0n) is 26.1. The molecule has 1 aromatic carbocycles. The zero-order chi connectivity index (χ0) is 34.7. The summed E-state index contributed by atoms with van der Waals surface area (Å²) >= 11 is 6.45. The summed E-state index contributed by atoms with van der Waals surface area (Å²) in [5.74, 6) is -1.08. The van der Waals surface area contributed by atoms with E-state index in [4.69, 9.17) is 21.5 Å². The lowest BCUT2D eigenvalue weighted by atomic mass is 9.87. The molecule has 18 heteroatoms. The Bertz CT molecular complexity index is 1680. The molecule has 3 aliphatic rings. The minimum absolute atomic E-state index is 0.0600. The van der Waals surface area contributed by atoms with Crippen molar-refractivity contribution >= 4 is 41.6 Å². The Hall–Kier alpha value is -4.64. The molecule has 0 radical (unpaired) electrons. The van der Waals surface area contributed by atoms with Gasteiger partial charge in [0.05, 0.1) is 34.1 Å². The number of carboxylic acid groups (broad SMARTS) is 1. The molecule has 0 unspecified atom stereocenters. The lowest BCUT2D eigenvalue weighted by Crippen LogP contribution is -2.58. The van der Waals surface area contributed by atoms with Crippen LogP contribution in [0.3, 0.4) is 0 Å². The van der Waals surface area contributed by atoms with E-state index < -0.39 is 17.8 Å². The van der Waals surface area contributed by atoms with Gasteiger partial charge in [-0.3, -0.25) is 19.1 Å². The van der Waals surface area contributed by atoms with Crippen LogP contribution in [0, 0.1) is 0 Å². The average molecular weight is 694 g/mol. The highest BCUT2D eigenvalue weighted by Gasteiger charge is 2.40. The van der Waals surface area contributed by atoms with Gasteiger partial charge in [-0.25, -0.2) is 9.78 Å². The van der Waals surface area contributed by atoms with Gasteiger partial charge in [0.25, 0.3) is 18.3 Å². The average Bonchev–Trinajstić information content (AvgIpc) is 3.65. The molecule has 4 N–H and O–H groups in total. The minimum atomic E-state index is -4.67. The molecule has 1 saturated heterocycles. The predicted molar refractivity (Wildman–Crippen MR) is 168 cm³/mol. The second-order valence-corrected chi connectivity index (χ2v) is 12.2. The number of benzene rings is 1. The monoisotopic (exact) mass is 693 g/mol.